The first-order valence-electron chi connectivity index (χ1n) is 3.16. The van der Waals surface area contributed by atoms with Gasteiger partial charge in [-0.2, -0.15) is 5.26 Å². The van der Waals surface area contributed by atoms with Gasteiger partial charge in [-0.15, -0.1) is 0 Å². The van der Waals surface area contributed by atoms with E-state index >= 15 is 0 Å². The molecule has 0 heterocycles. The minimum atomic E-state index is -0.733. The third-order valence-corrected chi connectivity index (χ3v) is 2.67. The maximum Gasteiger partial charge on any atom is 0.263 e. The van der Waals surface area contributed by atoms with Crippen LogP contribution in [0.4, 0.5) is 0 Å². The molecular formula is C8H2Cl3NO. The summed E-state index contributed by atoms with van der Waals surface area (Å²) in [6, 6.07) is 4.22. The summed E-state index contributed by atoms with van der Waals surface area (Å²) in [4.78, 5) is 11.0. The van der Waals surface area contributed by atoms with Gasteiger partial charge in [0.05, 0.1) is 20.6 Å². The fourth-order valence-electron chi connectivity index (χ4n) is 0.761. The number of nitrogens with zero attached hydrogens (tertiary/aromatic N) is 1. The van der Waals surface area contributed by atoms with Crippen molar-refractivity contribution in [2.45, 2.75) is 0 Å². The molecule has 1 aromatic rings. The molecule has 5 heteroatoms. The van der Waals surface area contributed by atoms with Crippen LogP contribution in [0.3, 0.4) is 0 Å². The lowest BCUT2D eigenvalue weighted by molar-refractivity contribution is 0.105. The van der Waals surface area contributed by atoms with E-state index in [0.717, 1.165) is 0 Å². The van der Waals surface area contributed by atoms with Crippen molar-refractivity contribution in [3.8, 4) is 6.07 Å². The van der Waals surface area contributed by atoms with Gasteiger partial charge in [-0.1, -0.05) is 34.8 Å². The Hall–Kier alpha value is -0.750. The minimum absolute atomic E-state index is 0.0146. The molecule has 0 saturated carbocycles. The Morgan fingerprint density at radius 2 is 1.85 bits per heavy atom. The standard InChI is InChI=1S/C8H2Cl3NO/c9-5-2-1-4(6(13)3-12)7(10)8(5)11/h1-2H. The number of ketones is 1. The van der Waals surface area contributed by atoms with E-state index < -0.39 is 5.78 Å². The summed E-state index contributed by atoms with van der Waals surface area (Å²) < 4.78 is 0. The second-order valence-corrected chi connectivity index (χ2v) is 3.33. The van der Waals surface area contributed by atoms with E-state index in [1.165, 1.54) is 18.2 Å². The highest BCUT2D eigenvalue weighted by molar-refractivity contribution is 6.49. The van der Waals surface area contributed by atoms with Crippen molar-refractivity contribution in [3.63, 3.8) is 0 Å². The lowest BCUT2D eigenvalue weighted by Crippen LogP contribution is -1.95. The highest BCUT2D eigenvalue weighted by atomic mass is 35.5. The topological polar surface area (TPSA) is 40.9 Å². The molecule has 2 nitrogen and oxygen atoms in total. The summed E-state index contributed by atoms with van der Waals surface area (Å²) >= 11 is 17.0. The van der Waals surface area contributed by atoms with Crippen molar-refractivity contribution < 1.29 is 4.79 Å². The Kier molecular flexibility index (Phi) is 3.16. The van der Waals surface area contributed by atoms with E-state index in [4.69, 9.17) is 40.1 Å². The van der Waals surface area contributed by atoms with Crippen LogP contribution in [0.25, 0.3) is 0 Å². The molecule has 0 aliphatic rings. The van der Waals surface area contributed by atoms with Crippen molar-refractivity contribution >= 4 is 40.6 Å². The van der Waals surface area contributed by atoms with Gasteiger partial charge in [0.15, 0.2) is 0 Å². The van der Waals surface area contributed by atoms with Gasteiger partial charge in [0.2, 0.25) is 0 Å². The monoisotopic (exact) mass is 233 g/mol. The van der Waals surface area contributed by atoms with E-state index in [0.29, 0.717) is 0 Å². The molecule has 0 unspecified atom stereocenters. The second-order valence-electron chi connectivity index (χ2n) is 2.16. The summed E-state index contributed by atoms with van der Waals surface area (Å²) in [5.74, 6) is -0.733. The highest BCUT2D eigenvalue weighted by Crippen LogP contribution is 2.32. The van der Waals surface area contributed by atoms with Crippen molar-refractivity contribution in [3.05, 3.63) is 32.8 Å². The number of nitriles is 1. The summed E-state index contributed by atoms with van der Waals surface area (Å²) in [5.41, 5.74) is 0.0681. The van der Waals surface area contributed by atoms with E-state index in [2.05, 4.69) is 0 Å². The molecule has 66 valence electrons. The zero-order valence-corrected chi connectivity index (χ0v) is 8.41. The number of hydrogen-bond acceptors (Lipinski definition) is 2. The van der Waals surface area contributed by atoms with Crippen molar-refractivity contribution in [2.75, 3.05) is 0 Å². The maximum absolute atomic E-state index is 11.0. The molecule has 0 aliphatic carbocycles. The third-order valence-electron chi connectivity index (χ3n) is 1.38. The van der Waals surface area contributed by atoms with Crippen molar-refractivity contribution in [2.24, 2.45) is 0 Å². The van der Waals surface area contributed by atoms with E-state index in [1.54, 1.807) is 0 Å². The summed E-state index contributed by atoms with van der Waals surface area (Å²) in [5, 5.41) is 8.69. The normalized spacial score (nSPS) is 9.38. The van der Waals surface area contributed by atoms with Crippen LogP contribution in [0.2, 0.25) is 15.1 Å². The van der Waals surface area contributed by atoms with E-state index in [-0.39, 0.29) is 20.6 Å². The number of Topliss-reactive ketones (excluding diaryl/α,β-unsaturated/α-hetero) is 1. The Labute approximate surface area is 89.6 Å². The molecule has 0 saturated heterocycles. The predicted molar refractivity (Wildman–Crippen MR) is 51.4 cm³/mol. The average Bonchev–Trinajstić information content (AvgIpc) is 2.13. The van der Waals surface area contributed by atoms with Crippen LogP contribution < -0.4 is 0 Å². The van der Waals surface area contributed by atoms with Crippen LogP contribution >= 0.6 is 34.8 Å². The first-order chi connectivity index (χ1) is 6.07. The van der Waals surface area contributed by atoms with Crippen LogP contribution in [-0.2, 0) is 0 Å². The zero-order valence-electron chi connectivity index (χ0n) is 6.14. The Morgan fingerprint density at radius 3 is 2.38 bits per heavy atom. The fourth-order valence-corrected chi connectivity index (χ4v) is 1.38. The molecule has 0 aliphatic heterocycles. The molecule has 0 atom stereocenters. The molecular weight excluding hydrogens is 232 g/mol. The fraction of sp³-hybridized carbons (Fsp3) is 0. The van der Waals surface area contributed by atoms with Crippen LogP contribution in [0.15, 0.2) is 12.1 Å². The Morgan fingerprint density at radius 1 is 1.23 bits per heavy atom. The largest absolute Gasteiger partial charge is 0.277 e. The molecule has 0 N–H and O–H groups in total. The van der Waals surface area contributed by atoms with Crippen LogP contribution in [0, 0.1) is 11.3 Å². The maximum atomic E-state index is 11.0. The Bertz CT molecular complexity index is 409. The van der Waals surface area contributed by atoms with Crippen LogP contribution in [-0.4, -0.2) is 5.78 Å². The number of benzene rings is 1. The molecule has 1 aromatic carbocycles. The number of rotatable bonds is 1. The lowest BCUT2D eigenvalue weighted by atomic mass is 10.1. The first-order valence-corrected chi connectivity index (χ1v) is 4.29. The number of hydrogen-bond donors (Lipinski definition) is 0. The molecule has 0 radical (unpaired) electrons. The van der Waals surface area contributed by atoms with Crippen molar-refractivity contribution in [1.82, 2.24) is 0 Å². The molecule has 0 amide bonds. The number of halogens is 3. The molecule has 1 rings (SSSR count). The van der Waals surface area contributed by atoms with E-state index in [9.17, 15) is 4.79 Å². The summed E-state index contributed by atoms with van der Waals surface area (Å²) in [6.45, 7) is 0. The molecule has 0 bridgehead atoms. The van der Waals surface area contributed by atoms with Gasteiger partial charge in [-0.05, 0) is 12.1 Å². The van der Waals surface area contributed by atoms with Gasteiger partial charge in [0, 0.05) is 0 Å². The summed E-state index contributed by atoms with van der Waals surface area (Å²) in [7, 11) is 0. The smallest absolute Gasteiger partial charge is 0.263 e. The Balaban J connectivity index is 3.36. The van der Waals surface area contributed by atoms with Gasteiger partial charge in [-0.3, -0.25) is 4.79 Å². The number of carbonyl (C=O) groups is 1. The summed E-state index contributed by atoms with van der Waals surface area (Å²) in [6.07, 6.45) is 0. The quantitative estimate of drug-likeness (QED) is 0.425. The lowest BCUT2D eigenvalue weighted by Gasteiger charge is -2.01. The van der Waals surface area contributed by atoms with E-state index in [1.807, 2.05) is 0 Å². The third kappa shape index (κ3) is 1.94. The van der Waals surface area contributed by atoms with Crippen LogP contribution in [0.1, 0.15) is 10.4 Å². The predicted octanol–water partition coefficient (Wildman–Crippen LogP) is 3.35. The second kappa shape index (κ2) is 3.97. The molecule has 0 spiro atoms. The zero-order chi connectivity index (χ0) is 10.0. The van der Waals surface area contributed by atoms with Gasteiger partial charge in [0.25, 0.3) is 5.78 Å². The van der Waals surface area contributed by atoms with Gasteiger partial charge in [-0.25, -0.2) is 0 Å². The average molecular weight is 234 g/mol. The highest BCUT2D eigenvalue weighted by Gasteiger charge is 2.14. The van der Waals surface area contributed by atoms with Gasteiger partial charge in [0.1, 0.15) is 6.07 Å². The minimum Gasteiger partial charge on any atom is -0.277 e. The molecule has 13 heavy (non-hydrogen) atoms. The first kappa shape index (κ1) is 10.3. The van der Waals surface area contributed by atoms with Crippen LogP contribution in [0.5, 0.6) is 0 Å². The SMILES string of the molecule is N#CC(=O)c1ccc(Cl)c(Cl)c1Cl. The van der Waals surface area contributed by atoms with Gasteiger partial charge < -0.3 is 0 Å². The molecule has 0 fully saturated rings. The molecule has 0 aromatic heterocycles. The van der Waals surface area contributed by atoms with Gasteiger partial charge >= 0.3 is 0 Å². The number of carbonyl (C=O) groups excluding carboxylic acids is 1. The van der Waals surface area contributed by atoms with Crippen molar-refractivity contribution in [1.29, 1.82) is 5.26 Å².